The number of aromatic nitrogens is 2. The molecule has 2 aromatic heterocycles. The van der Waals surface area contributed by atoms with E-state index in [0.717, 1.165) is 17.8 Å². The Kier molecular flexibility index (Phi) is 4.19. The van der Waals surface area contributed by atoms with Gasteiger partial charge in [-0.15, -0.1) is 11.3 Å². The van der Waals surface area contributed by atoms with Crippen LogP contribution in [-0.4, -0.2) is 9.97 Å². The van der Waals surface area contributed by atoms with E-state index in [1.165, 1.54) is 4.88 Å². The van der Waals surface area contributed by atoms with Gasteiger partial charge in [-0.2, -0.15) is 0 Å². The van der Waals surface area contributed by atoms with Crippen LogP contribution < -0.4 is 5.32 Å². The van der Waals surface area contributed by atoms with Crippen molar-refractivity contribution in [3.05, 3.63) is 38.9 Å². The molecule has 1 unspecified atom stereocenters. The molecule has 0 saturated heterocycles. The Morgan fingerprint density at radius 3 is 2.67 bits per heavy atom. The standard InChI is InChI=1S/C13H16ClN3S/c1-4-10(11-6-5-7-18-11)17-13-12(14)15-8(2)9(3)16-13/h5-7,10H,4H2,1-3H3,(H,16,17). The Hall–Kier alpha value is -1.13. The van der Waals surface area contributed by atoms with Crippen LogP contribution in [0, 0.1) is 13.8 Å². The van der Waals surface area contributed by atoms with E-state index in [0.29, 0.717) is 11.0 Å². The van der Waals surface area contributed by atoms with Crippen molar-refractivity contribution in [2.24, 2.45) is 0 Å². The Morgan fingerprint density at radius 2 is 2.06 bits per heavy atom. The molecule has 1 atom stereocenters. The molecular formula is C13H16ClN3S. The number of nitrogens with one attached hydrogen (secondary N) is 1. The minimum atomic E-state index is 0.235. The van der Waals surface area contributed by atoms with E-state index >= 15 is 0 Å². The van der Waals surface area contributed by atoms with Crippen LogP contribution in [0.3, 0.4) is 0 Å². The molecule has 0 aromatic carbocycles. The van der Waals surface area contributed by atoms with Gasteiger partial charge >= 0.3 is 0 Å². The molecule has 0 aliphatic rings. The zero-order valence-corrected chi connectivity index (χ0v) is 12.3. The van der Waals surface area contributed by atoms with Crippen molar-refractivity contribution in [3.8, 4) is 0 Å². The van der Waals surface area contributed by atoms with Crippen LogP contribution in [0.1, 0.15) is 35.7 Å². The van der Waals surface area contributed by atoms with E-state index in [9.17, 15) is 0 Å². The maximum Gasteiger partial charge on any atom is 0.171 e. The van der Waals surface area contributed by atoms with Crippen molar-refractivity contribution in [2.75, 3.05) is 5.32 Å². The lowest BCUT2D eigenvalue weighted by Crippen LogP contribution is -2.11. The zero-order valence-electron chi connectivity index (χ0n) is 10.7. The van der Waals surface area contributed by atoms with Crippen molar-refractivity contribution in [3.63, 3.8) is 0 Å². The first kappa shape index (κ1) is 13.3. The Bertz CT molecular complexity index is 525. The third-order valence-corrected chi connectivity index (χ3v) is 4.12. The van der Waals surface area contributed by atoms with Gasteiger partial charge < -0.3 is 5.32 Å². The normalized spacial score (nSPS) is 12.4. The number of hydrogen-bond acceptors (Lipinski definition) is 4. The van der Waals surface area contributed by atoms with Gasteiger partial charge in [0.1, 0.15) is 0 Å². The Labute approximate surface area is 116 Å². The number of nitrogens with zero attached hydrogens (tertiary/aromatic N) is 2. The number of halogens is 1. The second-order valence-electron chi connectivity index (χ2n) is 4.15. The van der Waals surface area contributed by atoms with Gasteiger partial charge in [-0.3, -0.25) is 0 Å². The highest BCUT2D eigenvalue weighted by Gasteiger charge is 2.14. The number of anilines is 1. The number of thiophene rings is 1. The van der Waals surface area contributed by atoms with Crippen LogP contribution in [0.5, 0.6) is 0 Å². The maximum atomic E-state index is 6.13. The van der Waals surface area contributed by atoms with Crippen molar-refractivity contribution in [2.45, 2.75) is 33.2 Å². The summed E-state index contributed by atoms with van der Waals surface area (Å²) in [4.78, 5) is 10.0. The molecule has 0 saturated carbocycles. The summed E-state index contributed by atoms with van der Waals surface area (Å²) in [6.45, 7) is 5.99. The first-order valence-electron chi connectivity index (χ1n) is 5.92. The SMILES string of the molecule is CCC(Nc1nc(C)c(C)nc1Cl)c1cccs1. The van der Waals surface area contributed by atoms with E-state index in [1.54, 1.807) is 11.3 Å². The summed E-state index contributed by atoms with van der Waals surface area (Å²) in [7, 11) is 0. The quantitative estimate of drug-likeness (QED) is 0.904. The van der Waals surface area contributed by atoms with Crippen LogP contribution in [0.2, 0.25) is 5.15 Å². The molecule has 0 amide bonds. The molecule has 0 aliphatic carbocycles. The van der Waals surface area contributed by atoms with Crippen molar-refractivity contribution < 1.29 is 0 Å². The number of hydrogen-bond donors (Lipinski definition) is 1. The van der Waals surface area contributed by atoms with E-state index < -0.39 is 0 Å². The Morgan fingerprint density at radius 1 is 1.33 bits per heavy atom. The third kappa shape index (κ3) is 2.82. The molecule has 0 aliphatic heterocycles. The predicted molar refractivity (Wildman–Crippen MR) is 77.5 cm³/mol. The summed E-state index contributed by atoms with van der Waals surface area (Å²) < 4.78 is 0. The lowest BCUT2D eigenvalue weighted by atomic mass is 10.2. The molecular weight excluding hydrogens is 266 g/mol. The molecule has 0 radical (unpaired) electrons. The molecule has 96 valence electrons. The van der Waals surface area contributed by atoms with Gasteiger partial charge in [-0.05, 0) is 31.7 Å². The van der Waals surface area contributed by atoms with Gasteiger partial charge in [-0.1, -0.05) is 24.6 Å². The average molecular weight is 282 g/mol. The smallest absolute Gasteiger partial charge is 0.171 e. The van der Waals surface area contributed by atoms with Crippen LogP contribution in [0.15, 0.2) is 17.5 Å². The first-order valence-corrected chi connectivity index (χ1v) is 7.18. The highest BCUT2D eigenvalue weighted by molar-refractivity contribution is 7.10. The van der Waals surface area contributed by atoms with Gasteiger partial charge in [0.05, 0.1) is 17.4 Å². The fourth-order valence-corrected chi connectivity index (χ4v) is 2.78. The zero-order chi connectivity index (χ0) is 13.1. The fourth-order valence-electron chi connectivity index (χ4n) is 1.70. The van der Waals surface area contributed by atoms with Crippen LogP contribution in [0.4, 0.5) is 5.82 Å². The van der Waals surface area contributed by atoms with Crippen LogP contribution in [0.25, 0.3) is 0 Å². The highest BCUT2D eigenvalue weighted by atomic mass is 35.5. The van der Waals surface area contributed by atoms with Crippen molar-refractivity contribution >= 4 is 28.8 Å². The molecule has 2 rings (SSSR count). The third-order valence-electron chi connectivity index (χ3n) is 2.87. The van der Waals surface area contributed by atoms with E-state index in [4.69, 9.17) is 11.6 Å². The molecule has 0 spiro atoms. The lowest BCUT2D eigenvalue weighted by Gasteiger charge is -2.17. The maximum absolute atomic E-state index is 6.13. The summed E-state index contributed by atoms with van der Waals surface area (Å²) in [6, 6.07) is 4.41. The van der Waals surface area contributed by atoms with Gasteiger partial charge in [-0.25, -0.2) is 9.97 Å². The summed E-state index contributed by atoms with van der Waals surface area (Å²) >= 11 is 7.87. The first-order chi connectivity index (χ1) is 8.61. The second kappa shape index (κ2) is 5.67. The molecule has 0 fully saturated rings. The summed E-state index contributed by atoms with van der Waals surface area (Å²) in [5.74, 6) is 0.667. The van der Waals surface area contributed by atoms with Gasteiger partial charge in [0.25, 0.3) is 0 Å². The number of rotatable bonds is 4. The van der Waals surface area contributed by atoms with Gasteiger partial charge in [0.2, 0.25) is 0 Å². The molecule has 18 heavy (non-hydrogen) atoms. The highest BCUT2D eigenvalue weighted by Crippen LogP contribution is 2.28. The minimum Gasteiger partial charge on any atom is -0.360 e. The van der Waals surface area contributed by atoms with E-state index in [2.05, 4.69) is 39.7 Å². The largest absolute Gasteiger partial charge is 0.360 e. The van der Waals surface area contributed by atoms with E-state index in [-0.39, 0.29) is 6.04 Å². The topological polar surface area (TPSA) is 37.8 Å². The Balaban J connectivity index is 2.25. The molecule has 2 heterocycles. The average Bonchev–Trinajstić information content (AvgIpc) is 2.85. The van der Waals surface area contributed by atoms with Gasteiger partial charge in [0, 0.05) is 4.88 Å². The minimum absolute atomic E-state index is 0.235. The van der Waals surface area contributed by atoms with Crippen LogP contribution in [-0.2, 0) is 0 Å². The monoisotopic (exact) mass is 281 g/mol. The predicted octanol–water partition coefficient (Wildman–Crippen LogP) is 4.37. The molecule has 5 heteroatoms. The molecule has 3 nitrogen and oxygen atoms in total. The molecule has 1 N–H and O–H groups in total. The molecule has 0 bridgehead atoms. The number of aryl methyl sites for hydroxylation is 2. The summed E-state index contributed by atoms with van der Waals surface area (Å²) in [5, 5.41) is 5.89. The van der Waals surface area contributed by atoms with Crippen molar-refractivity contribution in [1.29, 1.82) is 0 Å². The second-order valence-corrected chi connectivity index (χ2v) is 5.49. The van der Waals surface area contributed by atoms with Gasteiger partial charge in [0.15, 0.2) is 11.0 Å². The fraction of sp³-hybridized carbons (Fsp3) is 0.385. The summed E-state index contributed by atoms with van der Waals surface area (Å²) in [6.07, 6.45) is 0.978. The van der Waals surface area contributed by atoms with Crippen molar-refractivity contribution in [1.82, 2.24) is 9.97 Å². The van der Waals surface area contributed by atoms with Crippen LogP contribution >= 0.6 is 22.9 Å². The van der Waals surface area contributed by atoms with E-state index in [1.807, 2.05) is 13.8 Å². The summed E-state index contributed by atoms with van der Waals surface area (Å²) in [5.41, 5.74) is 1.78. The molecule has 2 aromatic rings. The lowest BCUT2D eigenvalue weighted by molar-refractivity contribution is 0.756.